The van der Waals surface area contributed by atoms with E-state index in [1.165, 1.54) is 6.07 Å². The van der Waals surface area contributed by atoms with Gasteiger partial charge in [0.05, 0.1) is 5.69 Å². The summed E-state index contributed by atoms with van der Waals surface area (Å²) in [6.45, 7) is 0. The number of carbonyl (C=O) groups is 1. The average molecular weight is 265 g/mol. The fourth-order valence-corrected chi connectivity index (χ4v) is 2.47. The lowest BCUT2D eigenvalue weighted by molar-refractivity contribution is -0.118. The van der Waals surface area contributed by atoms with E-state index >= 15 is 0 Å². The first kappa shape index (κ1) is 11.5. The van der Waals surface area contributed by atoms with E-state index in [9.17, 15) is 13.6 Å². The van der Waals surface area contributed by atoms with Crippen molar-refractivity contribution in [1.82, 2.24) is 5.32 Å². The Morgan fingerprint density at radius 3 is 3.00 bits per heavy atom. The number of hydrogen-bond acceptors (Lipinski definition) is 3. The molecule has 3 nitrogen and oxygen atoms in total. The van der Waals surface area contributed by atoms with Crippen molar-refractivity contribution < 1.29 is 13.6 Å². The number of carbonyl (C=O) groups excluding carboxylic acids is 1. The number of fused-ring (bicyclic) bond motifs is 1. The second-order valence-corrected chi connectivity index (χ2v) is 4.52. The molecule has 1 aromatic carbocycles. The molecular formula is C9H7ClF2N2OS. The number of anilines is 1. The third-order valence-electron chi connectivity index (χ3n) is 1.95. The molecule has 0 spiro atoms. The molecule has 1 atom stereocenters. The van der Waals surface area contributed by atoms with Crippen LogP contribution >= 0.6 is 23.4 Å². The zero-order chi connectivity index (χ0) is 11.7. The van der Waals surface area contributed by atoms with E-state index in [1.54, 1.807) is 0 Å². The third-order valence-corrected chi connectivity index (χ3v) is 3.24. The van der Waals surface area contributed by atoms with E-state index in [0.29, 0.717) is 4.90 Å². The van der Waals surface area contributed by atoms with Crippen LogP contribution in [-0.2, 0) is 4.79 Å². The van der Waals surface area contributed by atoms with Crippen LogP contribution in [0.15, 0.2) is 17.0 Å². The van der Waals surface area contributed by atoms with Crippen LogP contribution in [0.3, 0.4) is 0 Å². The molecule has 2 N–H and O–H groups in total. The fraction of sp³-hybridized carbons (Fsp3) is 0.222. The number of benzene rings is 1. The molecule has 1 aromatic rings. The van der Waals surface area contributed by atoms with Crippen LogP contribution in [0.1, 0.15) is 0 Å². The van der Waals surface area contributed by atoms with Crippen molar-refractivity contribution in [2.75, 3.05) is 11.2 Å². The van der Waals surface area contributed by atoms with Gasteiger partial charge in [-0.25, -0.2) is 8.78 Å². The maximum Gasteiger partial charge on any atom is 0.237 e. The summed E-state index contributed by atoms with van der Waals surface area (Å²) in [5.74, 6) is -1.87. The van der Waals surface area contributed by atoms with Gasteiger partial charge in [-0.1, -0.05) is 11.8 Å². The van der Waals surface area contributed by atoms with Gasteiger partial charge in [-0.15, -0.1) is 11.6 Å². The molecule has 16 heavy (non-hydrogen) atoms. The summed E-state index contributed by atoms with van der Waals surface area (Å²) in [4.78, 5) is 11.4. The van der Waals surface area contributed by atoms with Crippen molar-refractivity contribution in [2.24, 2.45) is 0 Å². The molecule has 0 saturated carbocycles. The van der Waals surface area contributed by atoms with Crippen molar-refractivity contribution in [3.63, 3.8) is 0 Å². The Hall–Kier alpha value is -1.01. The highest BCUT2D eigenvalue weighted by Crippen LogP contribution is 2.39. The summed E-state index contributed by atoms with van der Waals surface area (Å²) in [7, 11) is 0. The smallest absolute Gasteiger partial charge is 0.237 e. The quantitative estimate of drug-likeness (QED) is 0.804. The Morgan fingerprint density at radius 1 is 1.56 bits per heavy atom. The number of alkyl halides is 1. The van der Waals surface area contributed by atoms with Crippen molar-refractivity contribution in [1.29, 1.82) is 0 Å². The third kappa shape index (κ3) is 2.22. The highest BCUT2D eigenvalue weighted by Gasteiger charge is 2.26. The van der Waals surface area contributed by atoms with Gasteiger partial charge in [0.15, 0.2) is 5.50 Å². The van der Waals surface area contributed by atoms with E-state index < -0.39 is 17.1 Å². The number of halogens is 3. The lowest BCUT2D eigenvalue weighted by Crippen LogP contribution is -2.36. The van der Waals surface area contributed by atoms with Gasteiger partial charge in [0.2, 0.25) is 5.91 Å². The van der Waals surface area contributed by atoms with Crippen LogP contribution in [0.25, 0.3) is 0 Å². The Balaban J connectivity index is 2.15. The van der Waals surface area contributed by atoms with Gasteiger partial charge in [0.1, 0.15) is 17.5 Å². The van der Waals surface area contributed by atoms with Gasteiger partial charge in [-0.2, -0.15) is 0 Å². The summed E-state index contributed by atoms with van der Waals surface area (Å²) < 4.78 is 26.2. The molecule has 0 bridgehead atoms. The number of thioether (sulfide) groups is 1. The van der Waals surface area contributed by atoms with E-state index in [4.69, 9.17) is 11.6 Å². The number of rotatable bonds is 2. The maximum absolute atomic E-state index is 13.3. The number of nitrogens with one attached hydrogen (secondary N) is 2. The van der Waals surface area contributed by atoms with Gasteiger partial charge in [-0.3, -0.25) is 4.79 Å². The van der Waals surface area contributed by atoms with E-state index in [-0.39, 0.29) is 17.5 Å². The van der Waals surface area contributed by atoms with E-state index in [1.807, 2.05) is 0 Å². The molecule has 86 valence electrons. The van der Waals surface area contributed by atoms with E-state index in [2.05, 4.69) is 10.6 Å². The fourth-order valence-electron chi connectivity index (χ4n) is 1.32. The standard InChI is InChI=1S/C9H7ClF2N2OS/c10-3-7(15)13-9-14-8-5(12)1-4(11)2-6(8)16-9/h1-2,9,14H,3H2,(H,13,15). The molecular weight excluding hydrogens is 258 g/mol. The van der Waals surface area contributed by atoms with Crippen LogP contribution in [0.2, 0.25) is 0 Å². The predicted octanol–water partition coefficient (Wildman–Crippen LogP) is 2.12. The summed E-state index contributed by atoms with van der Waals surface area (Å²) >= 11 is 6.44. The maximum atomic E-state index is 13.3. The van der Waals surface area contributed by atoms with Crippen LogP contribution in [-0.4, -0.2) is 17.3 Å². The normalized spacial score (nSPS) is 17.8. The lowest BCUT2D eigenvalue weighted by Gasteiger charge is -2.11. The predicted molar refractivity (Wildman–Crippen MR) is 58.5 cm³/mol. The first-order valence-electron chi connectivity index (χ1n) is 4.37. The van der Waals surface area contributed by atoms with Gasteiger partial charge in [-0.05, 0) is 6.07 Å². The molecule has 1 aliphatic rings. The summed E-state index contributed by atoms with van der Waals surface area (Å²) in [6.07, 6.45) is 0. The molecule has 1 amide bonds. The van der Waals surface area contributed by atoms with Crippen molar-refractivity contribution in [3.8, 4) is 0 Å². The zero-order valence-corrected chi connectivity index (χ0v) is 9.46. The minimum atomic E-state index is -0.676. The minimum absolute atomic E-state index is 0.175. The molecule has 1 unspecified atom stereocenters. The van der Waals surface area contributed by atoms with Crippen LogP contribution in [0.5, 0.6) is 0 Å². The SMILES string of the molecule is O=C(CCl)NC1Nc2c(F)cc(F)cc2S1. The Kier molecular flexibility index (Phi) is 3.20. The Bertz CT molecular complexity index is 444. The second kappa shape index (κ2) is 4.47. The molecule has 0 saturated heterocycles. The minimum Gasteiger partial charge on any atom is -0.353 e. The highest BCUT2D eigenvalue weighted by atomic mass is 35.5. The average Bonchev–Trinajstić information content (AvgIpc) is 2.60. The van der Waals surface area contributed by atoms with Gasteiger partial charge < -0.3 is 10.6 Å². The number of hydrogen-bond donors (Lipinski definition) is 2. The summed E-state index contributed by atoms with van der Waals surface area (Å²) in [5, 5.41) is 5.24. The number of amides is 1. The lowest BCUT2D eigenvalue weighted by atomic mass is 10.3. The molecule has 1 heterocycles. The largest absolute Gasteiger partial charge is 0.353 e. The second-order valence-electron chi connectivity index (χ2n) is 3.10. The molecule has 0 aromatic heterocycles. The summed E-state index contributed by atoms with van der Waals surface area (Å²) in [6, 6.07) is 2.00. The Labute approximate surface area is 99.5 Å². The topological polar surface area (TPSA) is 41.1 Å². The van der Waals surface area contributed by atoms with Crippen LogP contribution in [0, 0.1) is 11.6 Å². The van der Waals surface area contributed by atoms with Gasteiger partial charge in [0.25, 0.3) is 0 Å². The van der Waals surface area contributed by atoms with Crippen LogP contribution < -0.4 is 10.6 Å². The molecule has 0 fully saturated rings. The Morgan fingerprint density at radius 2 is 2.31 bits per heavy atom. The molecule has 2 rings (SSSR count). The van der Waals surface area contributed by atoms with Crippen molar-refractivity contribution >= 4 is 35.0 Å². The molecule has 0 aliphatic carbocycles. The monoisotopic (exact) mass is 264 g/mol. The molecule has 7 heteroatoms. The first-order valence-corrected chi connectivity index (χ1v) is 5.79. The molecule has 1 aliphatic heterocycles. The van der Waals surface area contributed by atoms with Gasteiger partial charge in [0, 0.05) is 11.0 Å². The van der Waals surface area contributed by atoms with Gasteiger partial charge >= 0.3 is 0 Å². The highest BCUT2D eigenvalue weighted by molar-refractivity contribution is 8.00. The molecule has 0 radical (unpaired) electrons. The summed E-state index contributed by atoms with van der Waals surface area (Å²) in [5.41, 5.74) is -0.316. The van der Waals surface area contributed by atoms with Crippen LogP contribution in [0.4, 0.5) is 14.5 Å². The first-order chi connectivity index (χ1) is 7.60. The van der Waals surface area contributed by atoms with Crippen molar-refractivity contribution in [2.45, 2.75) is 10.4 Å². The van der Waals surface area contributed by atoms with E-state index in [0.717, 1.165) is 17.8 Å². The zero-order valence-electron chi connectivity index (χ0n) is 7.89. The van der Waals surface area contributed by atoms with Crippen molar-refractivity contribution in [3.05, 3.63) is 23.8 Å².